The van der Waals surface area contributed by atoms with Gasteiger partial charge >= 0.3 is 5.97 Å². The van der Waals surface area contributed by atoms with E-state index in [4.69, 9.17) is 4.74 Å². The molecule has 2 atom stereocenters. The molecular weight excluding hydrogens is 887 g/mol. The van der Waals surface area contributed by atoms with Crippen molar-refractivity contribution in [3.8, 4) is 0 Å². The minimum absolute atomic E-state index is 0.00380. The first-order valence-corrected chi connectivity index (χ1v) is 32.6. The Labute approximate surface area is 450 Å². The number of rotatable bonds is 61. The number of amides is 1. The third kappa shape index (κ3) is 57.6. The monoisotopic (exact) mass is 1010 g/mol. The summed E-state index contributed by atoms with van der Waals surface area (Å²) in [6.45, 7) is 4.95. The predicted octanol–water partition coefficient (Wildman–Crippen LogP) is 20.6. The Morgan fingerprint density at radius 3 is 1.01 bits per heavy atom. The van der Waals surface area contributed by atoms with Crippen LogP contribution in [0.1, 0.15) is 361 Å². The molecular formula is C66H127NO5. The summed E-state index contributed by atoms with van der Waals surface area (Å²) in [5.74, 6) is -0.0312. The topological polar surface area (TPSA) is 95.9 Å². The van der Waals surface area contributed by atoms with Crippen molar-refractivity contribution in [3.63, 3.8) is 0 Å². The summed E-state index contributed by atoms with van der Waals surface area (Å²) in [6, 6.07) is -0.544. The number of unbranched alkanes of at least 4 members (excludes halogenated alkanes) is 46. The molecule has 0 aliphatic heterocycles. The van der Waals surface area contributed by atoms with E-state index in [1.165, 1.54) is 283 Å². The molecule has 6 heteroatoms. The van der Waals surface area contributed by atoms with Gasteiger partial charge in [0.05, 0.1) is 25.4 Å². The second kappa shape index (κ2) is 61.9. The van der Waals surface area contributed by atoms with Crippen LogP contribution in [-0.2, 0) is 14.3 Å². The molecule has 1 amide bonds. The molecule has 0 rings (SSSR count). The van der Waals surface area contributed by atoms with Crippen LogP contribution in [0.2, 0.25) is 0 Å². The van der Waals surface area contributed by atoms with Gasteiger partial charge in [-0.3, -0.25) is 9.59 Å². The fourth-order valence-corrected chi connectivity index (χ4v) is 10.2. The first-order valence-electron chi connectivity index (χ1n) is 32.6. The fraction of sp³-hybridized carbons (Fsp3) is 0.909. The van der Waals surface area contributed by atoms with Gasteiger partial charge in [0.1, 0.15) is 0 Å². The minimum Gasteiger partial charge on any atom is -0.466 e. The van der Waals surface area contributed by atoms with Gasteiger partial charge in [0.15, 0.2) is 0 Å². The molecule has 0 spiro atoms. The number of aliphatic hydroxyl groups is 2. The Balaban J connectivity index is 3.40. The normalized spacial score (nSPS) is 12.7. The summed E-state index contributed by atoms with van der Waals surface area (Å²) in [7, 11) is 0. The number of esters is 1. The van der Waals surface area contributed by atoms with Crippen LogP contribution in [0.25, 0.3) is 0 Å². The maximum Gasteiger partial charge on any atom is 0.305 e. The smallest absolute Gasteiger partial charge is 0.305 e. The molecule has 0 saturated carbocycles. The maximum atomic E-state index is 12.5. The van der Waals surface area contributed by atoms with Crippen LogP contribution in [-0.4, -0.2) is 47.4 Å². The van der Waals surface area contributed by atoms with E-state index in [9.17, 15) is 19.8 Å². The number of hydrogen-bond acceptors (Lipinski definition) is 5. The van der Waals surface area contributed by atoms with Crippen LogP contribution in [0.3, 0.4) is 0 Å². The molecule has 2 unspecified atom stereocenters. The predicted molar refractivity (Wildman–Crippen MR) is 315 cm³/mol. The van der Waals surface area contributed by atoms with Gasteiger partial charge in [0.25, 0.3) is 0 Å². The van der Waals surface area contributed by atoms with Gasteiger partial charge in [-0.25, -0.2) is 0 Å². The number of nitrogens with one attached hydrogen (secondary N) is 1. The molecule has 0 saturated heterocycles. The zero-order valence-corrected chi connectivity index (χ0v) is 48.7. The highest BCUT2D eigenvalue weighted by molar-refractivity contribution is 5.76. The van der Waals surface area contributed by atoms with Crippen molar-refractivity contribution in [2.45, 2.75) is 373 Å². The molecule has 426 valence electrons. The second-order valence-electron chi connectivity index (χ2n) is 22.4. The van der Waals surface area contributed by atoms with Crippen LogP contribution in [0.4, 0.5) is 0 Å². The molecule has 0 aromatic carbocycles. The molecule has 3 N–H and O–H groups in total. The molecule has 0 bridgehead atoms. The summed E-state index contributed by atoms with van der Waals surface area (Å²) in [5.41, 5.74) is 0. The van der Waals surface area contributed by atoms with Gasteiger partial charge in [-0.2, -0.15) is 0 Å². The molecule has 0 aliphatic carbocycles. The van der Waals surface area contributed by atoms with E-state index in [1.54, 1.807) is 0 Å². The lowest BCUT2D eigenvalue weighted by atomic mass is 10.0. The molecule has 0 aliphatic rings. The quantitative estimate of drug-likeness (QED) is 0.0320. The Hall–Kier alpha value is -1.66. The third-order valence-corrected chi connectivity index (χ3v) is 15.2. The summed E-state index contributed by atoms with van der Waals surface area (Å²) in [4.78, 5) is 24.5. The van der Waals surface area contributed by atoms with E-state index in [1.807, 2.05) is 0 Å². The number of aliphatic hydroxyl groups excluding tert-OH is 2. The van der Waals surface area contributed by atoms with Gasteiger partial charge in [-0.1, -0.05) is 295 Å². The summed E-state index contributed by atoms with van der Waals surface area (Å²) >= 11 is 0. The maximum absolute atomic E-state index is 12.5. The van der Waals surface area contributed by atoms with E-state index >= 15 is 0 Å². The molecule has 72 heavy (non-hydrogen) atoms. The number of hydrogen-bond donors (Lipinski definition) is 3. The van der Waals surface area contributed by atoms with Gasteiger partial charge in [-0.05, 0) is 77.0 Å². The largest absolute Gasteiger partial charge is 0.466 e. The van der Waals surface area contributed by atoms with Crippen LogP contribution in [0.5, 0.6) is 0 Å². The highest BCUT2D eigenvalue weighted by atomic mass is 16.5. The van der Waals surface area contributed by atoms with Crippen molar-refractivity contribution in [1.29, 1.82) is 0 Å². The van der Waals surface area contributed by atoms with Crippen molar-refractivity contribution >= 4 is 11.9 Å². The molecule has 0 heterocycles. The summed E-state index contributed by atoms with van der Waals surface area (Å²) in [6.07, 6.45) is 76.3. The number of carbonyl (C=O) groups is 2. The standard InChI is InChI=1S/C66H127NO5/c1-3-5-7-9-11-13-15-17-18-19-29-32-35-38-42-46-50-54-58-64(69)63(62-68)67-65(70)59-55-51-47-43-39-36-33-30-27-25-23-21-20-22-24-26-28-31-34-37-41-45-49-53-57-61-72-66(71)60-56-52-48-44-40-16-14-12-10-8-6-4-2/h12,14,21,23,63-64,68-69H,3-11,13,15-20,22,24-62H2,1-2H3,(H,67,70)/b14-12-,23-21-. The number of ether oxygens (including phenoxy) is 1. The van der Waals surface area contributed by atoms with E-state index in [2.05, 4.69) is 43.5 Å². The van der Waals surface area contributed by atoms with Crippen LogP contribution >= 0.6 is 0 Å². The van der Waals surface area contributed by atoms with Crippen molar-refractivity contribution in [3.05, 3.63) is 24.3 Å². The highest BCUT2D eigenvalue weighted by Gasteiger charge is 2.20. The third-order valence-electron chi connectivity index (χ3n) is 15.2. The zero-order valence-electron chi connectivity index (χ0n) is 48.7. The lowest BCUT2D eigenvalue weighted by molar-refractivity contribution is -0.143. The van der Waals surface area contributed by atoms with Crippen LogP contribution in [0.15, 0.2) is 24.3 Å². The lowest BCUT2D eigenvalue weighted by Crippen LogP contribution is -2.45. The van der Waals surface area contributed by atoms with Gasteiger partial charge in [-0.15, -0.1) is 0 Å². The van der Waals surface area contributed by atoms with Crippen molar-refractivity contribution in [2.24, 2.45) is 0 Å². The zero-order chi connectivity index (χ0) is 52.2. The molecule has 0 aromatic heterocycles. The molecule has 0 aromatic rings. The minimum atomic E-state index is -0.666. The fourth-order valence-electron chi connectivity index (χ4n) is 10.2. The van der Waals surface area contributed by atoms with Crippen LogP contribution < -0.4 is 5.32 Å². The van der Waals surface area contributed by atoms with Crippen molar-refractivity contribution < 1.29 is 24.5 Å². The summed E-state index contributed by atoms with van der Waals surface area (Å²) < 4.78 is 5.47. The number of carbonyl (C=O) groups excluding carboxylic acids is 2. The van der Waals surface area contributed by atoms with Gasteiger partial charge in [0.2, 0.25) is 5.91 Å². The average molecular weight is 1010 g/mol. The Kier molecular flexibility index (Phi) is 60.5. The SMILES string of the molecule is CCCCC/C=C\CCCCCCCC(=O)OCCCCCCCCCCCCCC/C=C\CCCCCCCCCCCC(=O)NC(CO)C(O)CCCCCCCCCCCCCCCCCCCC. The first kappa shape index (κ1) is 70.3. The van der Waals surface area contributed by atoms with E-state index in [-0.39, 0.29) is 18.5 Å². The Morgan fingerprint density at radius 1 is 0.375 bits per heavy atom. The Morgan fingerprint density at radius 2 is 0.653 bits per heavy atom. The Bertz CT molecular complexity index is 1120. The molecule has 0 radical (unpaired) electrons. The van der Waals surface area contributed by atoms with E-state index in [0.717, 1.165) is 44.9 Å². The second-order valence-corrected chi connectivity index (χ2v) is 22.4. The lowest BCUT2D eigenvalue weighted by Gasteiger charge is -2.22. The van der Waals surface area contributed by atoms with E-state index in [0.29, 0.717) is 25.9 Å². The van der Waals surface area contributed by atoms with E-state index < -0.39 is 12.1 Å². The molecule has 0 fully saturated rings. The van der Waals surface area contributed by atoms with Gasteiger partial charge < -0.3 is 20.3 Å². The molecule has 6 nitrogen and oxygen atoms in total. The van der Waals surface area contributed by atoms with Crippen molar-refractivity contribution in [2.75, 3.05) is 13.2 Å². The average Bonchev–Trinajstić information content (AvgIpc) is 3.38. The van der Waals surface area contributed by atoms with Crippen molar-refractivity contribution in [1.82, 2.24) is 5.32 Å². The van der Waals surface area contributed by atoms with Gasteiger partial charge in [0, 0.05) is 12.8 Å². The summed E-state index contributed by atoms with van der Waals surface area (Å²) in [5, 5.41) is 23.4. The highest BCUT2D eigenvalue weighted by Crippen LogP contribution is 2.18. The number of allylic oxidation sites excluding steroid dienone is 4. The van der Waals surface area contributed by atoms with Crippen LogP contribution in [0, 0.1) is 0 Å². The first-order chi connectivity index (χ1) is 35.5.